The van der Waals surface area contributed by atoms with Crippen LogP contribution in [-0.2, 0) is 14.3 Å². The summed E-state index contributed by atoms with van der Waals surface area (Å²) >= 11 is 0. The number of nitrogens with zero attached hydrogens (tertiary/aromatic N) is 1. The van der Waals surface area contributed by atoms with Crippen molar-refractivity contribution in [3.05, 3.63) is 0 Å². The molecule has 112 valence electrons. The lowest BCUT2D eigenvalue weighted by Crippen LogP contribution is -2.45. The molecule has 0 heterocycles. The Morgan fingerprint density at radius 3 is 2.37 bits per heavy atom. The Kier molecular flexibility index (Phi) is 9.21. The Labute approximate surface area is 115 Å². The van der Waals surface area contributed by atoms with Crippen molar-refractivity contribution < 1.29 is 19.4 Å². The minimum absolute atomic E-state index is 0.00139. The highest BCUT2D eigenvalue weighted by molar-refractivity contribution is 5.78. The van der Waals surface area contributed by atoms with Crippen LogP contribution in [0.25, 0.3) is 0 Å². The van der Waals surface area contributed by atoms with Crippen molar-refractivity contribution in [2.24, 2.45) is 5.92 Å². The van der Waals surface area contributed by atoms with Crippen LogP contribution in [0.1, 0.15) is 46.5 Å². The van der Waals surface area contributed by atoms with Gasteiger partial charge in [0.2, 0.25) is 5.91 Å². The predicted octanol–water partition coefficient (Wildman–Crippen LogP) is 1.59. The van der Waals surface area contributed by atoms with Gasteiger partial charge in [0.1, 0.15) is 0 Å². The van der Waals surface area contributed by atoms with Crippen molar-refractivity contribution in [1.29, 1.82) is 0 Å². The molecule has 0 aromatic heterocycles. The van der Waals surface area contributed by atoms with E-state index in [9.17, 15) is 14.7 Å². The minimum atomic E-state index is -0.379. The van der Waals surface area contributed by atoms with Gasteiger partial charge in [-0.15, -0.1) is 0 Å². The van der Waals surface area contributed by atoms with Crippen molar-refractivity contribution in [3.63, 3.8) is 0 Å². The third-order valence-corrected chi connectivity index (χ3v) is 3.26. The smallest absolute Gasteiger partial charge is 0.310 e. The Balaban J connectivity index is 4.75. The fourth-order valence-corrected chi connectivity index (χ4v) is 1.94. The molecule has 0 aromatic carbocycles. The van der Waals surface area contributed by atoms with Crippen LogP contribution in [0, 0.1) is 5.92 Å². The molecular formula is C14H27NO4. The number of ether oxygens (including phenoxy) is 1. The number of aliphatic hydroxyl groups is 1. The minimum Gasteiger partial charge on any atom is -0.469 e. The lowest BCUT2D eigenvalue weighted by atomic mass is 10.1. The average molecular weight is 273 g/mol. The summed E-state index contributed by atoms with van der Waals surface area (Å²) in [6.07, 6.45) is 2.90. The van der Waals surface area contributed by atoms with Crippen LogP contribution in [0.5, 0.6) is 0 Å². The van der Waals surface area contributed by atoms with E-state index in [1.807, 2.05) is 13.8 Å². The molecule has 1 amide bonds. The van der Waals surface area contributed by atoms with Crippen molar-refractivity contribution in [1.82, 2.24) is 4.90 Å². The fraction of sp³-hybridized carbons (Fsp3) is 0.857. The molecule has 0 aromatic rings. The Bertz CT molecular complexity index is 277. The molecule has 5 nitrogen and oxygen atoms in total. The highest BCUT2D eigenvalue weighted by Gasteiger charge is 2.26. The first kappa shape index (κ1) is 17.9. The first-order valence-corrected chi connectivity index (χ1v) is 6.99. The van der Waals surface area contributed by atoms with Gasteiger partial charge in [0.25, 0.3) is 0 Å². The number of amides is 1. The largest absolute Gasteiger partial charge is 0.469 e. The molecule has 0 aliphatic carbocycles. The molecule has 0 bridgehead atoms. The number of methoxy groups -OCH3 is 1. The topological polar surface area (TPSA) is 66.8 Å². The number of hydrogen-bond acceptors (Lipinski definition) is 4. The molecule has 0 radical (unpaired) electrons. The molecule has 2 atom stereocenters. The molecule has 1 N–H and O–H groups in total. The molecular weight excluding hydrogens is 246 g/mol. The second-order valence-corrected chi connectivity index (χ2v) is 4.82. The van der Waals surface area contributed by atoms with Gasteiger partial charge in [-0.05, 0) is 12.8 Å². The van der Waals surface area contributed by atoms with Crippen LogP contribution in [-0.4, -0.2) is 48.2 Å². The lowest BCUT2D eigenvalue weighted by molar-refractivity contribution is -0.147. The summed E-state index contributed by atoms with van der Waals surface area (Å²) in [5.74, 6) is -0.712. The van der Waals surface area contributed by atoms with E-state index in [0.717, 1.165) is 12.8 Å². The molecule has 0 aliphatic rings. The Hall–Kier alpha value is -1.10. The summed E-state index contributed by atoms with van der Waals surface area (Å²) in [5.41, 5.74) is 0. The quantitative estimate of drug-likeness (QED) is 0.648. The molecule has 2 unspecified atom stereocenters. The monoisotopic (exact) mass is 273 g/mol. The van der Waals surface area contributed by atoms with Gasteiger partial charge in [-0.2, -0.15) is 0 Å². The number of carbonyl (C=O) groups excluding carboxylic acids is 2. The number of carbonyl (C=O) groups is 2. The SMILES string of the molecule is CCCCC(=O)N(CC(C)C(=O)OC)C(CC)CO. The van der Waals surface area contributed by atoms with E-state index in [1.54, 1.807) is 11.8 Å². The van der Waals surface area contributed by atoms with Crippen LogP contribution in [0.4, 0.5) is 0 Å². The van der Waals surface area contributed by atoms with Crippen LogP contribution in [0.2, 0.25) is 0 Å². The average Bonchev–Trinajstić information content (AvgIpc) is 2.43. The summed E-state index contributed by atoms with van der Waals surface area (Å²) in [6, 6.07) is -0.225. The predicted molar refractivity (Wildman–Crippen MR) is 73.6 cm³/mol. The van der Waals surface area contributed by atoms with Gasteiger partial charge in [0.05, 0.1) is 25.7 Å². The molecule has 0 rings (SSSR count). The maximum Gasteiger partial charge on any atom is 0.310 e. The molecule has 0 saturated carbocycles. The van der Waals surface area contributed by atoms with Crippen molar-refractivity contribution in [2.75, 3.05) is 20.3 Å². The summed E-state index contributed by atoms with van der Waals surface area (Å²) in [4.78, 5) is 25.3. The van der Waals surface area contributed by atoms with Gasteiger partial charge in [-0.25, -0.2) is 0 Å². The van der Waals surface area contributed by atoms with Crippen LogP contribution in [0.3, 0.4) is 0 Å². The van der Waals surface area contributed by atoms with Crippen molar-refractivity contribution in [3.8, 4) is 0 Å². The van der Waals surface area contributed by atoms with Gasteiger partial charge in [-0.1, -0.05) is 27.2 Å². The zero-order valence-electron chi connectivity index (χ0n) is 12.5. The summed E-state index contributed by atoms with van der Waals surface area (Å²) in [7, 11) is 1.34. The van der Waals surface area contributed by atoms with E-state index in [1.165, 1.54) is 7.11 Å². The second-order valence-electron chi connectivity index (χ2n) is 4.82. The standard InChI is InChI=1S/C14H27NO4/c1-5-7-8-13(17)15(12(6-2)10-16)9-11(3)14(18)19-4/h11-12,16H,5-10H2,1-4H3. The van der Waals surface area contributed by atoms with E-state index in [4.69, 9.17) is 0 Å². The van der Waals surface area contributed by atoms with Gasteiger partial charge >= 0.3 is 5.97 Å². The highest BCUT2D eigenvalue weighted by Crippen LogP contribution is 2.12. The van der Waals surface area contributed by atoms with E-state index in [0.29, 0.717) is 19.4 Å². The van der Waals surface area contributed by atoms with Crippen molar-refractivity contribution in [2.45, 2.75) is 52.5 Å². The summed E-state index contributed by atoms with van der Waals surface area (Å²) in [5, 5.41) is 9.37. The zero-order valence-corrected chi connectivity index (χ0v) is 12.5. The van der Waals surface area contributed by atoms with Crippen molar-refractivity contribution >= 4 is 11.9 Å². The third-order valence-electron chi connectivity index (χ3n) is 3.26. The molecule has 0 aliphatic heterocycles. The fourth-order valence-electron chi connectivity index (χ4n) is 1.94. The summed E-state index contributed by atoms with van der Waals surface area (Å²) < 4.78 is 4.68. The first-order chi connectivity index (χ1) is 9.01. The molecule has 5 heteroatoms. The third kappa shape index (κ3) is 6.05. The highest BCUT2D eigenvalue weighted by atomic mass is 16.5. The molecule has 19 heavy (non-hydrogen) atoms. The maximum absolute atomic E-state index is 12.2. The first-order valence-electron chi connectivity index (χ1n) is 6.99. The molecule has 0 fully saturated rings. The van der Waals surface area contributed by atoms with E-state index < -0.39 is 0 Å². The van der Waals surface area contributed by atoms with Crippen LogP contribution < -0.4 is 0 Å². The van der Waals surface area contributed by atoms with Gasteiger partial charge in [0.15, 0.2) is 0 Å². The second kappa shape index (κ2) is 9.78. The number of unbranched alkanes of at least 4 members (excludes halogenated alkanes) is 1. The maximum atomic E-state index is 12.2. The Morgan fingerprint density at radius 1 is 1.32 bits per heavy atom. The number of aliphatic hydroxyl groups excluding tert-OH is 1. The van der Waals surface area contributed by atoms with Gasteiger partial charge in [0, 0.05) is 13.0 Å². The molecule has 0 spiro atoms. The van der Waals surface area contributed by atoms with Crippen LogP contribution >= 0.6 is 0 Å². The lowest BCUT2D eigenvalue weighted by Gasteiger charge is -2.31. The Morgan fingerprint density at radius 2 is 1.95 bits per heavy atom. The van der Waals surface area contributed by atoms with E-state index in [-0.39, 0.29) is 30.4 Å². The normalized spacial score (nSPS) is 13.7. The number of rotatable bonds is 9. The van der Waals surface area contributed by atoms with Gasteiger partial charge in [-0.3, -0.25) is 9.59 Å². The number of esters is 1. The number of hydrogen-bond donors (Lipinski definition) is 1. The zero-order chi connectivity index (χ0) is 14.8. The van der Waals surface area contributed by atoms with Gasteiger partial charge < -0.3 is 14.7 Å². The van der Waals surface area contributed by atoms with E-state index in [2.05, 4.69) is 4.74 Å². The van der Waals surface area contributed by atoms with E-state index >= 15 is 0 Å². The summed E-state index contributed by atoms with van der Waals surface area (Å²) in [6.45, 7) is 5.90. The van der Waals surface area contributed by atoms with Crippen LogP contribution in [0.15, 0.2) is 0 Å². The molecule has 0 saturated heterocycles.